The number of ether oxygens (including phenoxy) is 1. The Morgan fingerprint density at radius 1 is 1.19 bits per heavy atom. The van der Waals surface area contributed by atoms with Crippen molar-refractivity contribution in [2.24, 2.45) is 19.3 Å². The molecular formula is C18H19N5O4. The summed E-state index contributed by atoms with van der Waals surface area (Å²) in [5.74, 6) is 0.779. The van der Waals surface area contributed by atoms with Crippen molar-refractivity contribution in [3.63, 3.8) is 0 Å². The number of hydrogen-bond acceptors (Lipinski definition) is 6. The first-order chi connectivity index (χ1) is 13.0. The van der Waals surface area contributed by atoms with Gasteiger partial charge in [0.1, 0.15) is 5.75 Å². The van der Waals surface area contributed by atoms with E-state index in [-0.39, 0.29) is 11.7 Å². The molecule has 140 valence electrons. The van der Waals surface area contributed by atoms with E-state index in [0.717, 1.165) is 21.6 Å². The number of methoxy groups -OCH3 is 1. The Labute approximate surface area is 154 Å². The number of imidazole rings is 1. The summed E-state index contributed by atoms with van der Waals surface area (Å²) in [5, 5.41) is 4.18. The lowest BCUT2D eigenvalue weighted by molar-refractivity contribution is 0.0733. The maximum absolute atomic E-state index is 12.5. The summed E-state index contributed by atoms with van der Waals surface area (Å²) >= 11 is 0. The van der Waals surface area contributed by atoms with Crippen molar-refractivity contribution in [3.05, 3.63) is 57.0 Å². The minimum Gasteiger partial charge on any atom is -0.497 e. The van der Waals surface area contributed by atoms with Gasteiger partial charge in [0.2, 0.25) is 0 Å². The normalized spacial score (nSPS) is 16.4. The molecule has 0 bridgehead atoms. The molecule has 4 rings (SSSR count). The van der Waals surface area contributed by atoms with Crippen molar-refractivity contribution in [1.82, 2.24) is 18.7 Å². The van der Waals surface area contributed by atoms with Gasteiger partial charge in [-0.2, -0.15) is 0 Å². The molecule has 9 heteroatoms. The molecule has 0 saturated heterocycles. The Bertz CT molecular complexity index is 1150. The number of rotatable bonds is 4. The molecule has 0 amide bonds. The van der Waals surface area contributed by atoms with Crippen LogP contribution in [-0.4, -0.2) is 37.6 Å². The lowest BCUT2D eigenvalue weighted by atomic mass is 10.0. The maximum atomic E-state index is 12.5. The summed E-state index contributed by atoms with van der Waals surface area (Å²) in [4.78, 5) is 34.3. The van der Waals surface area contributed by atoms with Gasteiger partial charge >= 0.3 is 5.69 Å². The summed E-state index contributed by atoms with van der Waals surface area (Å²) in [5.41, 5.74) is 1.76. The molecule has 9 nitrogen and oxygen atoms in total. The standard InChI is InChI=1S/C18H19N5O4/c1-21-16-15(17(24)22(2)18(21)25)23(10-19-16)9-13-8-14(20-27-13)11-4-6-12(26-3)7-5-11/h4-7,10,13H,8-9H2,1-3H3. The number of oxime groups is 1. The second kappa shape index (κ2) is 6.42. The second-order valence-corrected chi connectivity index (χ2v) is 6.47. The number of fused-ring (bicyclic) bond motifs is 1. The Morgan fingerprint density at radius 2 is 1.93 bits per heavy atom. The first kappa shape index (κ1) is 17.1. The predicted molar refractivity (Wildman–Crippen MR) is 99.2 cm³/mol. The third kappa shape index (κ3) is 2.80. The minimum absolute atomic E-state index is 0.221. The molecule has 27 heavy (non-hydrogen) atoms. The van der Waals surface area contributed by atoms with E-state index >= 15 is 0 Å². The van der Waals surface area contributed by atoms with E-state index in [4.69, 9.17) is 9.57 Å². The molecule has 0 N–H and O–H groups in total. The quantitative estimate of drug-likeness (QED) is 0.673. The first-order valence-corrected chi connectivity index (χ1v) is 8.47. The minimum atomic E-state index is -0.403. The lowest BCUT2D eigenvalue weighted by Gasteiger charge is -2.10. The SMILES string of the molecule is COc1ccc(C2=NOC(Cn3cnc4c3c(=O)n(C)c(=O)n4C)C2)cc1. The van der Waals surface area contributed by atoms with Crippen molar-refractivity contribution in [3.8, 4) is 5.75 Å². The van der Waals surface area contributed by atoms with E-state index in [9.17, 15) is 9.59 Å². The highest BCUT2D eigenvalue weighted by atomic mass is 16.6. The van der Waals surface area contributed by atoms with Gasteiger partial charge in [0, 0.05) is 20.5 Å². The van der Waals surface area contributed by atoms with E-state index in [1.807, 2.05) is 24.3 Å². The lowest BCUT2D eigenvalue weighted by Crippen LogP contribution is -2.37. The Hall–Kier alpha value is -3.36. The van der Waals surface area contributed by atoms with Crippen LogP contribution in [0.4, 0.5) is 0 Å². The van der Waals surface area contributed by atoms with Crippen LogP contribution < -0.4 is 16.0 Å². The molecule has 3 heterocycles. The molecule has 0 saturated carbocycles. The van der Waals surface area contributed by atoms with Gasteiger partial charge in [0.05, 0.1) is 25.7 Å². The van der Waals surface area contributed by atoms with Gasteiger partial charge in [-0.1, -0.05) is 5.16 Å². The summed E-state index contributed by atoms with van der Waals surface area (Å²) in [6.45, 7) is 0.410. The van der Waals surface area contributed by atoms with Crippen molar-refractivity contribution in [2.75, 3.05) is 7.11 Å². The van der Waals surface area contributed by atoms with Crippen LogP contribution >= 0.6 is 0 Å². The number of nitrogens with zero attached hydrogens (tertiary/aromatic N) is 5. The monoisotopic (exact) mass is 369 g/mol. The average molecular weight is 369 g/mol. The van der Waals surface area contributed by atoms with Gasteiger partial charge in [-0.15, -0.1) is 0 Å². The van der Waals surface area contributed by atoms with Gasteiger partial charge in [-0.3, -0.25) is 13.9 Å². The molecule has 2 aromatic heterocycles. The Kier molecular flexibility index (Phi) is 4.06. The van der Waals surface area contributed by atoms with Crippen LogP contribution in [0.1, 0.15) is 12.0 Å². The van der Waals surface area contributed by atoms with Crippen LogP contribution in [0.15, 0.2) is 45.3 Å². The van der Waals surface area contributed by atoms with E-state index in [0.29, 0.717) is 24.1 Å². The van der Waals surface area contributed by atoms with Gasteiger partial charge < -0.3 is 14.1 Å². The zero-order valence-corrected chi connectivity index (χ0v) is 15.2. The van der Waals surface area contributed by atoms with Crippen LogP contribution in [-0.2, 0) is 25.5 Å². The molecule has 0 aliphatic carbocycles. The molecule has 0 fully saturated rings. The highest BCUT2D eigenvalue weighted by Gasteiger charge is 2.24. The third-order valence-corrected chi connectivity index (χ3v) is 4.77. The van der Waals surface area contributed by atoms with Crippen LogP contribution in [0.25, 0.3) is 11.2 Å². The van der Waals surface area contributed by atoms with Crippen LogP contribution in [0.2, 0.25) is 0 Å². The molecule has 1 aliphatic rings. The molecule has 1 aromatic carbocycles. The average Bonchev–Trinajstić information content (AvgIpc) is 3.32. The van der Waals surface area contributed by atoms with E-state index in [2.05, 4.69) is 10.1 Å². The van der Waals surface area contributed by atoms with Gasteiger partial charge in [0.25, 0.3) is 5.56 Å². The van der Waals surface area contributed by atoms with Crippen LogP contribution in [0.3, 0.4) is 0 Å². The van der Waals surface area contributed by atoms with Crippen molar-refractivity contribution in [2.45, 2.75) is 19.1 Å². The fourth-order valence-electron chi connectivity index (χ4n) is 3.23. The molecule has 1 aliphatic heterocycles. The fourth-order valence-corrected chi connectivity index (χ4v) is 3.23. The third-order valence-electron chi connectivity index (χ3n) is 4.77. The Balaban J connectivity index is 1.58. The largest absolute Gasteiger partial charge is 0.497 e. The molecule has 0 spiro atoms. The Morgan fingerprint density at radius 3 is 2.63 bits per heavy atom. The topological polar surface area (TPSA) is 92.6 Å². The van der Waals surface area contributed by atoms with E-state index in [1.165, 1.54) is 11.6 Å². The number of aromatic nitrogens is 4. The fraction of sp³-hybridized carbons (Fsp3) is 0.333. The van der Waals surface area contributed by atoms with Crippen LogP contribution in [0.5, 0.6) is 5.75 Å². The summed E-state index contributed by atoms with van der Waals surface area (Å²) < 4.78 is 9.32. The number of hydrogen-bond donors (Lipinski definition) is 0. The summed E-state index contributed by atoms with van der Waals surface area (Å²) in [6, 6.07) is 7.61. The molecule has 3 aromatic rings. The summed E-state index contributed by atoms with van der Waals surface area (Å²) in [7, 11) is 4.67. The molecular weight excluding hydrogens is 350 g/mol. The zero-order valence-electron chi connectivity index (χ0n) is 15.2. The van der Waals surface area contributed by atoms with E-state index in [1.54, 1.807) is 25.1 Å². The van der Waals surface area contributed by atoms with Crippen molar-refractivity contribution >= 4 is 16.9 Å². The zero-order chi connectivity index (χ0) is 19.1. The summed E-state index contributed by atoms with van der Waals surface area (Å²) in [6.07, 6.45) is 1.94. The highest BCUT2D eigenvalue weighted by molar-refractivity contribution is 6.01. The smallest absolute Gasteiger partial charge is 0.332 e. The molecule has 0 radical (unpaired) electrons. The van der Waals surface area contributed by atoms with Crippen molar-refractivity contribution in [1.29, 1.82) is 0 Å². The maximum Gasteiger partial charge on any atom is 0.332 e. The van der Waals surface area contributed by atoms with Gasteiger partial charge in [-0.25, -0.2) is 9.78 Å². The number of benzene rings is 1. The predicted octanol–water partition coefficient (Wildman–Crippen LogP) is 0.635. The molecule has 1 unspecified atom stereocenters. The van der Waals surface area contributed by atoms with Crippen molar-refractivity contribution < 1.29 is 9.57 Å². The highest BCUT2D eigenvalue weighted by Crippen LogP contribution is 2.21. The number of aryl methyl sites for hydroxylation is 1. The molecule has 1 atom stereocenters. The first-order valence-electron chi connectivity index (χ1n) is 8.47. The second-order valence-electron chi connectivity index (χ2n) is 6.47. The van der Waals surface area contributed by atoms with Crippen LogP contribution in [0, 0.1) is 0 Å². The van der Waals surface area contributed by atoms with Gasteiger partial charge in [0.15, 0.2) is 17.3 Å². The van der Waals surface area contributed by atoms with Gasteiger partial charge in [-0.05, 0) is 29.8 Å². The van der Waals surface area contributed by atoms with E-state index < -0.39 is 5.69 Å².